The van der Waals surface area contributed by atoms with Gasteiger partial charge in [0, 0.05) is 22.9 Å². The van der Waals surface area contributed by atoms with Gasteiger partial charge in [-0.25, -0.2) is 18.2 Å². The summed E-state index contributed by atoms with van der Waals surface area (Å²) < 4.78 is 73.6. The second kappa shape index (κ2) is 8.35. The predicted molar refractivity (Wildman–Crippen MR) is 137 cm³/mol. The van der Waals surface area contributed by atoms with Crippen LogP contribution in [-0.4, -0.2) is 24.2 Å². The van der Waals surface area contributed by atoms with Crippen LogP contribution in [0.3, 0.4) is 0 Å². The number of nitrogens with zero attached hydrogens (tertiary/aromatic N) is 2. The van der Waals surface area contributed by atoms with Gasteiger partial charge in [0.05, 0.1) is 28.5 Å². The molecule has 0 aliphatic carbocycles. The van der Waals surface area contributed by atoms with Crippen molar-refractivity contribution in [2.75, 3.05) is 6.26 Å². The van der Waals surface area contributed by atoms with Crippen LogP contribution in [0.4, 0.5) is 13.2 Å². The van der Waals surface area contributed by atoms with E-state index in [2.05, 4.69) is 0 Å². The second-order valence-electron chi connectivity index (χ2n) is 8.57. The van der Waals surface area contributed by atoms with E-state index >= 15 is 0 Å². The van der Waals surface area contributed by atoms with Crippen molar-refractivity contribution in [2.24, 2.45) is 0 Å². The molecule has 0 spiro atoms. The first-order valence-electron chi connectivity index (χ1n) is 11.2. The minimum Gasteiger partial charge on any atom is -0.382 e. The first kappa shape index (κ1) is 23.1. The number of para-hydroxylation sites is 1. The highest BCUT2D eigenvalue weighted by atomic mass is 32.2. The Labute approximate surface area is 209 Å². The van der Waals surface area contributed by atoms with E-state index in [4.69, 9.17) is 9.17 Å². The molecule has 0 unspecified atom stereocenters. The molecule has 0 fully saturated rings. The van der Waals surface area contributed by atoms with Crippen LogP contribution >= 0.6 is 0 Å². The second-order valence-corrected chi connectivity index (χ2v) is 10.1. The van der Waals surface area contributed by atoms with Crippen LogP contribution in [0.25, 0.3) is 49.7 Å². The molecule has 0 N–H and O–H groups in total. The standard InChI is InChI=1S/C28H17F3N2O3S/c1-37(34,35)36-24-13-7-6-12-21(24)28-32-26-19-10-4-2-8-17(19)18-9-3-5-11-20(18)27(26)33(28)16-14-22(29)25(31)23(30)15-16/h2-15H,1H3. The summed E-state index contributed by atoms with van der Waals surface area (Å²) in [6.45, 7) is 0. The van der Waals surface area contributed by atoms with Crippen molar-refractivity contribution >= 4 is 42.7 Å². The molecule has 0 saturated heterocycles. The van der Waals surface area contributed by atoms with Gasteiger partial charge in [0.25, 0.3) is 0 Å². The molecule has 6 rings (SSSR count). The van der Waals surface area contributed by atoms with Crippen LogP contribution in [-0.2, 0) is 10.1 Å². The summed E-state index contributed by atoms with van der Waals surface area (Å²) >= 11 is 0. The fraction of sp³-hybridized carbons (Fsp3) is 0.0357. The Balaban J connectivity index is 1.84. The molecule has 1 heterocycles. The third-order valence-electron chi connectivity index (χ3n) is 6.13. The highest BCUT2D eigenvalue weighted by Gasteiger charge is 2.24. The molecule has 0 aliphatic heterocycles. The normalized spacial score (nSPS) is 12.0. The fourth-order valence-electron chi connectivity index (χ4n) is 4.70. The van der Waals surface area contributed by atoms with Gasteiger partial charge in [0.1, 0.15) is 5.82 Å². The van der Waals surface area contributed by atoms with E-state index in [9.17, 15) is 21.6 Å². The molecule has 0 bridgehead atoms. The Morgan fingerprint density at radius 1 is 0.757 bits per heavy atom. The van der Waals surface area contributed by atoms with E-state index in [0.717, 1.165) is 39.9 Å². The van der Waals surface area contributed by atoms with Gasteiger partial charge in [0.15, 0.2) is 23.2 Å². The van der Waals surface area contributed by atoms with Gasteiger partial charge in [-0.15, -0.1) is 0 Å². The van der Waals surface area contributed by atoms with Crippen molar-refractivity contribution in [1.29, 1.82) is 0 Å². The van der Waals surface area contributed by atoms with Crippen LogP contribution in [0.5, 0.6) is 5.75 Å². The number of imidazole rings is 1. The Bertz CT molecular complexity index is 1960. The van der Waals surface area contributed by atoms with Crippen LogP contribution in [0.15, 0.2) is 84.9 Å². The third-order valence-corrected chi connectivity index (χ3v) is 6.61. The van der Waals surface area contributed by atoms with Crippen LogP contribution in [0, 0.1) is 17.5 Å². The summed E-state index contributed by atoms with van der Waals surface area (Å²) in [6, 6.07) is 23.2. The maximum Gasteiger partial charge on any atom is 0.306 e. The monoisotopic (exact) mass is 518 g/mol. The van der Waals surface area contributed by atoms with E-state index in [0.29, 0.717) is 11.0 Å². The molecule has 9 heteroatoms. The van der Waals surface area contributed by atoms with Crippen LogP contribution in [0.2, 0.25) is 0 Å². The zero-order valence-electron chi connectivity index (χ0n) is 19.2. The molecule has 0 saturated carbocycles. The topological polar surface area (TPSA) is 61.2 Å². The first-order valence-corrected chi connectivity index (χ1v) is 13.0. The Morgan fingerprint density at radius 2 is 1.30 bits per heavy atom. The van der Waals surface area contributed by atoms with Gasteiger partial charge in [0.2, 0.25) is 0 Å². The number of hydrogen-bond donors (Lipinski definition) is 0. The molecule has 1 aromatic heterocycles. The number of hydrogen-bond acceptors (Lipinski definition) is 4. The van der Waals surface area contributed by atoms with Crippen molar-refractivity contribution in [3.05, 3.63) is 102 Å². The smallest absolute Gasteiger partial charge is 0.306 e. The average molecular weight is 519 g/mol. The minimum absolute atomic E-state index is 0.0155. The minimum atomic E-state index is -3.91. The lowest BCUT2D eigenvalue weighted by atomic mass is 10.00. The van der Waals surface area contributed by atoms with Gasteiger partial charge in [-0.3, -0.25) is 4.57 Å². The van der Waals surface area contributed by atoms with E-state index in [1.165, 1.54) is 10.6 Å². The Kier molecular flexibility index (Phi) is 5.20. The molecule has 6 aromatic rings. The lowest BCUT2D eigenvalue weighted by Gasteiger charge is -2.14. The first-order chi connectivity index (χ1) is 17.7. The molecule has 0 atom stereocenters. The van der Waals surface area contributed by atoms with Gasteiger partial charge >= 0.3 is 10.1 Å². The SMILES string of the molecule is CS(=O)(=O)Oc1ccccc1-c1nc2c3ccccc3c3ccccc3c2n1-c1cc(F)c(F)c(F)c1. The number of rotatable bonds is 4. The van der Waals surface area contributed by atoms with E-state index in [-0.39, 0.29) is 22.8 Å². The molecular weight excluding hydrogens is 501 g/mol. The number of fused-ring (bicyclic) bond motifs is 6. The zero-order chi connectivity index (χ0) is 25.9. The summed E-state index contributed by atoms with van der Waals surface area (Å²) in [6.07, 6.45) is 0.915. The van der Waals surface area contributed by atoms with E-state index in [1.807, 2.05) is 48.5 Å². The lowest BCUT2D eigenvalue weighted by Crippen LogP contribution is -2.08. The van der Waals surface area contributed by atoms with Gasteiger partial charge in [-0.1, -0.05) is 60.7 Å². The van der Waals surface area contributed by atoms with Crippen molar-refractivity contribution < 1.29 is 25.8 Å². The molecule has 5 aromatic carbocycles. The summed E-state index contributed by atoms with van der Waals surface area (Å²) in [5.74, 6) is -4.17. The van der Waals surface area contributed by atoms with Gasteiger partial charge in [-0.05, 0) is 22.9 Å². The highest BCUT2D eigenvalue weighted by Crippen LogP contribution is 2.41. The molecule has 37 heavy (non-hydrogen) atoms. The highest BCUT2D eigenvalue weighted by molar-refractivity contribution is 7.86. The maximum absolute atomic E-state index is 14.5. The van der Waals surface area contributed by atoms with Crippen molar-refractivity contribution in [1.82, 2.24) is 9.55 Å². The lowest BCUT2D eigenvalue weighted by molar-refractivity contribution is 0.446. The quantitative estimate of drug-likeness (QED) is 0.147. The fourth-order valence-corrected chi connectivity index (χ4v) is 5.17. The molecular formula is C28H17F3N2O3S. The maximum atomic E-state index is 14.5. The number of aromatic nitrogens is 2. The summed E-state index contributed by atoms with van der Waals surface area (Å²) in [5.41, 5.74) is 1.28. The van der Waals surface area contributed by atoms with Gasteiger partial charge in [-0.2, -0.15) is 8.42 Å². The Morgan fingerprint density at radius 3 is 1.95 bits per heavy atom. The largest absolute Gasteiger partial charge is 0.382 e. The van der Waals surface area contributed by atoms with Crippen molar-refractivity contribution in [3.8, 4) is 22.8 Å². The van der Waals surface area contributed by atoms with Gasteiger partial charge < -0.3 is 4.18 Å². The third kappa shape index (κ3) is 3.79. The predicted octanol–water partition coefficient (Wildman–Crippen LogP) is 6.75. The summed E-state index contributed by atoms with van der Waals surface area (Å²) in [5, 5.41) is 3.31. The Hall–Kier alpha value is -4.37. The van der Waals surface area contributed by atoms with Crippen molar-refractivity contribution in [3.63, 3.8) is 0 Å². The summed E-state index contributed by atoms with van der Waals surface area (Å²) in [4.78, 5) is 4.86. The summed E-state index contributed by atoms with van der Waals surface area (Å²) in [7, 11) is -3.91. The average Bonchev–Trinajstić information content (AvgIpc) is 3.27. The molecule has 5 nitrogen and oxygen atoms in total. The van der Waals surface area contributed by atoms with Crippen molar-refractivity contribution in [2.45, 2.75) is 0 Å². The van der Waals surface area contributed by atoms with Crippen LogP contribution in [0.1, 0.15) is 0 Å². The molecule has 0 aliphatic rings. The molecule has 0 radical (unpaired) electrons. The number of halogens is 3. The van der Waals surface area contributed by atoms with Crippen LogP contribution < -0.4 is 4.18 Å². The number of benzene rings is 5. The molecule has 184 valence electrons. The molecule has 0 amide bonds. The zero-order valence-corrected chi connectivity index (χ0v) is 20.1. The van der Waals surface area contributed by atoms with E-state index in [1.54, 1.807) is 18.2 Å². The van der Waals surface area contributed by atoms with E-state index < -0.39 is 27.6 Å².